The molecule has 0 aliphatic heterocycles. The molecule has 2 aromatic rings. The van der Waals surface area contributed by atoms with Gasteiger partial charge in [-0.3, -0.25) is 9.78 Å². The average Bonchev–Trinajstić information content (AvgIpc) is 2.58. The highest BCUT2D eigenvalue weighted by Crippen LogP contribution is 2.15. The summed E-state index contributed by atoms with van der Waals surface area (Å²) in [5.74, 6) is 1.19. The number of pyridine rings is 2. The second-order valence-corrected chi connectivity index (χ2v) is 5.54. The predicted octanol–water partition coefficient (Wildman–Crippen LogP) is 3.47. The number of hydrogen-bond acceptors (Lipinski definition) is 4. The molecule has 2 rings (SSSR count). The zero-order valence-corrected chi connectivity index (χ0v) is 14.4. The number of aromatic amines is 1. The van der Waals surface area contributed by atoms with E-state index in [9.17, 15) is 4.79 Å². The Hall–Kier alpha value is -2.82. The van der Waals surface area contributed by atoms with Crippen LogP contribution in [0.15, 0.2) is 40.8 Å². The minimum absolute atomic E-state index is 0.0505. The third-order valence-corrected chi connectivity index (χ3v) is 3.46. The first kappa shape index (κ1) is 17.5. The molecule has 0 bridgehead atoms. The molecule has 0 unspecified atom stereocenters. The van der Waals surface area contributed by atoms with Gasteiger partial charge in [0, 0.05) is 11.8 Å². The van der Waals surface area contributed by atoms with Crippen LogP contribution in [0.25, 0.3) is 12.2 Å². The first-order valence-corrected chi connectivity index (χ1v) is 7.65. The van der Waals surface area contributed by atoms with Gasteiger partial charge in [-0.05, 0) is 44.6 Å². The number of hydrogen-bond donors (Lipinski definition) is 1. The van der Waals surface area contributed by atoms with Crippen LogP contribution in [-0.2, 0) is 6.42 Å². The Morgan fingerprint density at radius 2 is 2.00 bits per heavy atom. The molecule has 0 fully saturated rings. The number of aromatic nitrogens is 2. The summed E-state index contributed by atoms with van der Waals surface area (Å²) in [5.41, 5.74) is 3.16. The van der Waals surface area contributed by atoms with Crippen molar-refractivity contribution >= 4 is 12.2 Å². The third-order valence-electron chi connectivity index (χ3n) is 3.46. The number of nitrogens with zero attached hydrogens (tertiary/aromatic N) is 1. The van der Waals surface area contributed by atoms with Crippen LogP contribution in [0.3, 0.4) is 0 Å². The van der Waals surface area contributed by atoms with Crippen molar-refractivity contribution in [1.82, 2.24) is 9.97 Å². The fraction of sp³-hybridized carbons (Fsp3) is 0.263. The number of methoxy groups -OCH3 is 2. The molecular weight excluding hydrogens is 304 g/mol. The van der Waals surface area contributed by atoms with E-state index in [4.69, 9.17) is 9.47 Å². The molecule has 126 valence electrons. The Morgan fingerprint density at radius 1 is 1.21 bits per heavy atom. The second-order valence-electron chi connectivity index (χ2n) is 5.54. The van der Waals surface area contributed by atoms with E-state index >= 15 is 0 Å². The largest absolute Gasteiger partial charge is 0.495 e. The van der Waals surface area contributed by atoms with Crippen molar-refractivity contribution in [1.29, 1.82) is 0 Å². The number of H-pyrrole nitrogens is 1. The summed E-state index contributed by atoms with van der Waals surface area (Å²) in [6.45, 7) is 4.00. The standard InChI is InChI=1S/C19H22N2O3/c1-13(2)5-10-17-18(22)11-15(21-19(17)24-4)7-6-14-8-9-16(23-3)12-20-14/h5-9,11-12H,10H2,1-4H3,(H,21,22)/b7-6-. The Kier molecular flexibility index (Phi) is 5.95. The van der Waals surface area contributed by atoms with Crippen LogP contribution >= 0.6 is 0 Å². The maximum Gasteiger partial charge on any atom is 0.198 e. The molecule has 0 aliphatic carbocycles. The summed E-state index contributed by atoms with van der Waals surface area (Å²) in [6, 6.07) is 5.24. The van der Waals surface area contributed by atoms with Crippen LogP contribution in [0, 0.1) is 0 Å². The highest BCUT2D eigenvalue weighted by atomic mass is 16.5. The Balaban J connectivity index is 2.27. The lowest BCUT2D eigenvalue weighted by Gasteiger charge is -2.07. The summed E-state index contributed by atoms with van der Waals surface area (Å²) in [5, 5.41) is 0. The Morgan fingerprint density at radius 3 is 2.58 bits per heavy atom. The zero-order valence-electron chi connectivity index (χ0n) is 14.4. The second kappa shape index (κ2) is 8.15. The van der Waals surface area contributed by atoms with E-state index in [0.717, 1.165) is 11.3 Å². The molecule has 2 heterocycles. The molecule has 0 aromatic carbocycles. The smallest absolute Gasteiger partial charge is 0.198 e. The van der Waals surface area contributed by atoms with E-state index < -0.39 is 0 Å². The van der Waals surface area contributed by atoms with Gasteiger partial charge in [-0.2, -0.15) is 0 Å². The summed E-state index contributed by atoms with van der Waals surface area (Å²) in [4.78, 5) is 19.7. The molecule has 0 aliphatic rings. The fourth-order valence-corrected chi connectivity index (χ4v) is 2.13. The molecule has 0 atom stereocenters. The van der Waals surface area contributed by atoms with Gasteiger partial charge in [-0.25, -0.2) is 0 Å². The molecule has 0 saturated carbocycles. The minimum Gasteiger partial charge on any atom is -0.495 e. The van der Waals surface area contributed by atoms with E-state index in [0.29, 0.717) is 29.3 Å². The van der Waals surface area contributed by atoms with Crippen molar-refractivity contribution < 1.29 is 9.47 Å². The lowest BCUT2D eigenvalue weighted by molar-refractivity contribution is 0.392. The predicted molar refractivity (Wildman–Crippen MR) is 96.5 cm³/mol. The van der Waals surface area contributed by atoms with Crippen LogP contribution in [0.1, 0.15) is 30.8 Å². The Bertz CT molecular complexity index is 798. The topological polar surface area (TPSA) is 64.2 Å². The average molecular weight is 326 g/mol. The number of ether oxygens (including phenoxy) is 2. The number of allylic oxidation sites excluding steroid dienone is 2. The first-order chi connectivity index (χ1) is 11.5. The SMILES string of the molecule is COc1ccc(/C=C\c2cc(=O)c(CC=C(C)C)c(OC)[nH]2)nc1. The highest BCUT2D eigenvalue weighted by Gasteiger charge is 2.08. The van der Waals surface area contributed by atoms with Gasteiger partial charge in [0.15, 0.2) is 11.3 Å². The molecule has 0 saturated heterocycles. The van der Waals surface area contributed by atoms with Gasteiger partial charge in [0.2, 0.25) is 0 Å². The van der Waals surface area contributed by atoms with Crippen molar-refractivity contribution in [3.63, 3.8) is 0 Å². The molecular formula is C19H22N2O3. The monoisotopic (exact) mass is 326 g/mol. The van der Waals surface area contributed by atoms with E-state index in [1.807, 2.05) is 38.1 Å². The lowest BCUT2D eigenvalue weighted by Crippen LogP contribution is -2.12. The highest BCUT2D eigenvalue weighted by molar-refractivity contribution is 5.66. The van der Waals surface area contributed by atoms with Crippen LogP contribution in [0.4, 0.5) is 0 Å². The Labute approximate surface area is 141 Å². The van der Waals surface area contributed by atoms with Crippen LogP contribution in [-0.4, -0.2) is 24.2 Å². The molecule has 0 radical (unpaired) electrons. The van der Waals surface area contributed by atoms with Gasteiger partial charge >= 0.3 is 0 Å². The van der Waals surface area contributed by atoms with Crippen molar-refractivity contribution in [3.05, 3.63) is 63.2 Å². The van der Waals surface area contributed by atoms with Crippen LogP contribution < -0.4 is 14.9 Å². The molecule has 5 nitrogen and oxygen atoms in total. The molecule has 24 heavy (non-hydrogen) atoms. The molecule has 0 amide bonds. The summed E-state index contributed by atoms with van der Waals surface area (Å²) < 4.78 is 10.4. The quantitative estimate of drug-likeness (QED) is 0.826. The summed E-state index contributed by atoms with van der Waals surface area (Å²) >= 11 is 0. The number of nitrogens with one attached hydrogen (secondary N) is 1. The van der Waals surface area contributed by atoms with Gasteiger partial charge in [0.25, 0.3) is 0 Å². The van der Waals surface area contributed by atoms with E-state index in [1.54, 1.807) is 32.6 Å². The van der Waals surface area contributed by atoms with Crippen LogP contribution in [0.5, 0.6) is 11.6 Å². The van der Waals surface area contributed by atoms with Crippen molar-refractivity contribution in [2.45, 2.75) is 20.3 Å². The molecule has 5 heteroatoms. The normalized spacial score (nSPS) is 10.7. The maximum atomic E-state index is 12.3. The maximum absolute atomic E-state index is 12.3. The van der Waals surface area contributed by atoms with Gasteiger partial charge in [-0.1, -0.05) is 11.6 Å². The molecule has 0 spiro atoms. The minimum atomic E-state index is -0.0505. The first-order valence-electron chi connectivity index (χ1n) is 7.65. The zero-order chi connectivity index (χ0) is 17.5. The fourth-order valence-electron chi connectivity index (χ4n) is 2.13. The summed E-state index contributed by atoms with van der Waals surface area (Å²) in [7, 11) is 3.15. The van der Waals surface area contributed by atoms with Crippen molar-refractivity contribution in [2.24, 2.45) is 0 Å². The third kappa shape index (κ3) is 4.59. The number of rotatable bonds is 6. The summed E-state index contributed by atoms with van der Waals surface area (Å²) in [6.07, 6.45) is 7.81. The van der Waals surface area contributed by atoms with Gasteiger partial charge in [0.05, 0.1) is 31.7 Å². The van der Waals surface area contributed by atoms with Gasteiger partial charge < -0.3 is 14.5 Å². The molecule has 1 N–H and O–H groups in total. The van der Waals surface area contributed by atoms with Gasteiger partial charge in [-0.15, -0.1) is 0 Å². The van der Waals surface area contributed by atoms with E-state index in [-0.39, 0.29) is 5.43 Å². The van der Waals surface area contributed by atoms with Crippen molar-refractivity contribution in [3.8, 4) is 11.6 Å². The molecule has 2 aromatic heterocycles. The van der Waals surface area contributed by atoms with Gasteiger partial charge in [0.1, 0.15) is 5.75 Å². The van der Waals surface area contributed by atoms with E-state index in [1.165, 1.54) is 0 Å². The van der Waals surface area contributed by atoms with Crippen molar-refractivity contribution in [2.75, 3.05) is 14.2 Å². The van der Waals surface area contributed by atoms with E-state index in [2.05, 4.69) is 9.97 Å². The van der Waals surface area contributed by atoms with Crippen LogP contribution in [0.2, 0.25) is 0 Å². The lowest BCUT2D eigenvalue weighted by atomic mass is 10.1.